The fourth-order valence-corrected chi connectivity index (χ4v) is 4.72. The molecule has 0 saturated carbocycles. The summed E-state index contributed by atoms with van der Waals surface area (Å²) in [6.07, 6.45) is 0.684. The van der Waals surface area contributed by atoms with Crippen LogP contribution in [-0.2, 0) is 25.5 Å². The number of hydrogen-bond acceptors (Lipinski definition) is 8. The van der Waals surface area contributed by atoms with Gasteiger partial charge in [-0.05, 0) is 36.6 Å². The van der Waals surface area contributed by atoms with Crippen LogP contribution in [0.15, 0.2) is 59.8 Å². The van der Waals surface area contributed by atoms with Gasteiger partial charge in [0.25, 0.3) is 0 Å². The monoisotopic (exact) mass is 483 g/mol. The van der Waals surface area contributed by atoms with Gasteiger partial charge >= 0.3 is 11.9 Å². The summed E-state index contributed by atoms with van der Waals surface area (Å²) in [7, 11) is 5.75. The predicted octanol–water partition coefficient (Wildman–Crippen LogP) is 2.99. The van der Waals surface area contributed by atoms with Gasteiger partial charge in [-0.2, -0.15) is 0 Å². The molecule has 0 aromatic heterocycles. The van der Waals surface area contributed by atoms with Gasteiger partial charge in [0.15, 0.2) is 11.5 Å². The van der Waals surface area contributed by atoms with E-state index in [4.69, 9.17) is 18.9 Å². The van der Waals surface area contributed by atoms with E-state index >= 15 is 0 Å². The van der Waals surface area contributed by atoms with Gasteiger partial charge in [0.2, 0.25) is 0 Å². The fraction of sp³-hybridized carbons (Fsp3) is 0.407. The van der Waals surface area contributed by atoms with Crippen LogP contribution in [0, 0.1) is 5.92 Å². The van der Waals surface area contributed by atoms with Gasteiger partial charge in [-0.1, -0.05) is 36.4 Å². The zero-order chi connectivity index (χ0) is 25.6. The number of carbonyl (C=O) groups is 2. The molecule has 0 unspecified atom stereocenters. The van der Waals surface area contributed by atoms with Crippen molar-refractivity contribution in [2.75, 3.05) is 35.0 Å². The standard InChI is InChI=1S/C27H33NO7/c1-27(31)16-19(28-14-13-17-11-12-20(32-2)21(15-17)33-3)23(25(29)34-4)22(24(27)26(30)35-5)18-9-7-6-8-10-18/h6-12,15,22,24,28,31H,13-14,16H2,1-5H3/t22-,24+,27+/m1/s1. The molecule has 8 heteroatoms. The first kappa shape index (κ1) is 26.1. The molecule has 3 atom stereocenters. The Labute approximate surface area is 205 Å². The summed E-state index contributed by atoms with van der Waals surface area (Å²) in [6.45, 7) is 2.07. The van der Waals surface area contributed by atoms with E-state index in [2.05, 4.69) is 5.32 Å². The molecule has 0 saturated heterocycles. The first-order chi connectivity index (χ1) is 16.8. The van der Waals surface area contributed by atoms with Crippen molar-refractivity contribution < 1.29 is 33.6 Å². The Hall–Kier alpha value is -3.52. The van der Waals surface area contributed by atoms with Crippen molar-refractivity contribution in [3.05, 3.63) is 70.9 Å². The molecule has 2 aromatic carbocycles. The van der Waals surface area contributed by atoms with Gasteiger partial charge in [0.1, 0.15) is 0 Å². The van der Waals surface area contributed by atoms with Gasteiger partial charge in [0, 0.05) is 24.6 Å². The molecule has 35 heavy (non-hydrogen) atoms. The number of esters is 2. The third kappa shape index (κ3) is 5.59. The highest BCUT2D eigenvalue weighted by atomic mass is 16.5. The van der Waals surface area contributed by atoms with Crippen LogP contribution in [0.2, 0.25) is 0 Å². The van der Waals surface area contributed by atoms with E-state index in [1.54, 1.807) is 21.1 Å². The van der Waals surface area contributed by atoms with Crippen molar-refractivity contribution in [1.82, 2.24) is 5.32 Å². The Bertz CT molecular complexity index is 1080. The number of aliphatic hydroxyl groups is 1. The van der Waals surface area contributed by atoms with Gasteiger partial charge in [-0.3, -0.25) is 4.79 Å². The average molecular weight is 484 g/mol. The molecule has 1 aliphatic rings. The minimum atomic E-state index is -1.46. The molecule has 0 heterocycles. The second-order valence-electron chi connectivity index (χ2n) is 8.67. The number of nitrogens with one attached hydrogen (secondary N) is 1. The van der Waals surface area contributed by atoms with Crippen molar-refractivity contribution in [2.24, 2.45) is 5.92 Å². The second-order valence-corrected chi connectivity index (χ2v) is 8.67. The molecule has 0 radical (unpaired) electrons. The summed E-state index contributed by atoms with van der Waals surface area (Å²) < 4.78 is 20.8. The van der Waals surface area contributed by atoms with Crippen LogP contribution >= 0.6 is 0 Å². The highest BCUT2D eigenvalue weighted by Crippen LogP contribution is 2.47. The van der Waals surface area contributed by atoms with Crippen molar-refractivity contribution in [1.29, 1.82) is 0 Å². The SMILES string of the molecule is COC(=O)C1=C(NCCc2ccc(OC)c(OC)c2)C[C@](C)(O)[C@H](C(=O)OC)[C@@H]1c1ccccc1. The molecule has 0 spiro atoms. The highest BCUT2D eigenvalue weighted by Gasteiger charge is 2.52. The maximum absolute atomic E-state index is 13.0. The van der Waals surface area contributed by atoms with Crippen molar-refractivity contribution in [2.45, 2.75) is 31.3 Å². The third-order valence-corrected chi connectivity index (χ3v) is 6.39. The predicted molar refractivity (Wildman–Crippen MR) is 130 cm³/mol. The molecule has 3 rings (SSSR count). The number of benzene rings is 2. The summed E-state index contributed by atoms with van der Waals surface area (Å²) in [5, 5.41) is 14.7. The van der Waals surface area contributed by atoms with Gasteiger partial charge in [-0.15, -0.1) is 0 Å². The molecule has 188 valence electrons. The smallest absolute Gasteiger partial charge is 0.336 e. The van der Waals surface area contributed by atoms with Crippen LogP contribution in [0.1, 0.15) is 30.4 Å². The van der Waals surface area contributed by atoms with E-state index in [-0.39, 0.29) is 6.42 Å². The summed E-state index contributed by atoms with van der Waals surface area (Å²) in [5.41, 5.74) is 1.10. The molecule has 8 nitrogen and oxygen atoms in total. The van der Waals surface area contributed by atoms with Crippen LogP contribution in [0.25, 0.3) is 0 Å². The largest absolute Gasteiger partial charge is 0.493 e. The molecule has 2 aromatic rings. The number of hydrogen-bond donors (Lipinski definition) is 2. The number of methoxy groups -OCH3 is 4. The van der Waals surface area contributed by atoms with Crippen molar-refractivity contribution in [3.63, 3.8) is 0 Å². The lowest BCUT2D eigenvalue weighted by Crippen LogP contribution is -2.50. The zero-order valence-corrected chi connectivity index (χ0v) is 20.8. The Kier molecular flexibility index (Phi) is 8.40. The topological polar surface area (TPSA) is 103 Å². The molecule has 0 bridgehead atoms. The lowest BCUT2D eigenvalue weighted by Gasteiger charge is -2.42. The van der Waals surface area contributed by atoms with E-state index in [0.717, 1.165) is 5.56 Å². The lowest BCUT2D eigenvalue weighted by molar-refractivity contribution is -0.157. The van der Waals surface area contributed by atoms with Crippen LogP contribution in [0.4, 0.5) is 0 Å². The highest BCUT2D eigenvalue weighted by molar-refractivity contribution is 5.93. The summed E-state index contributed by atoms with van der Waals surface area (Å²) in [5.74, 6) is -1.61. The van der Waals surface area contributed by atoms with E-state index in [1.165, 1.54) is 14.2 Å². The lowest BCUT2D eigenvalue weighted by atomic mass is 9.66. The minimum Gasteiger partial charge on any atom is -0.493 e. The quantitative estimate of drug-likeness (QED) is 0.525. The normalized spacial score (nSPS) is 21.8. The molecular weight excluding hydrogens is 450 g/mol. The summed E-state index contributed by atoms with van der Waals surface area (Å²) in [6, 6.07) is 14.8. The molecule has 0 fully saturated rings. The number of rotatable bonds is 9. The summed E-state index contributed by atoms with van der Waals surface area (Å²) in [4.78, 5) is 25.9. The first-order valence-corrected chi connectivity index (χ1v) is 11.4. The average Bonchev–Trinajstić information content (AvgIpc) is 2.87. The molecule has 1 aliphatic carbocycles. The van der Waals surface area contributed by atoms with E-state index < -0.39 is 29.4 Å². The number of ether oxygens (including phenoxy) is 4. The Balaban J connectivity index is 1.99. The Morgan fingerprint density at radius 1 is 1.00 bits per heavy atom. The maximum Gasteiger partial charge on any atom is 0.336 e. The molecule has 2 N–H and O–H groups in total. The number of carbonyl (C=O) groups excluding carboxylic acids is 2. The van der Waals surface area contributed by atoms with Gasteiger partial charge < -0.3 is 29.4 Å². The van der Waals surface area contributed by atoms with Gasteiger partial charge in [-0.25, -0.2) is 4.79 Å². The van der Waals surface area contributed by atoms with Crippen molar-refractivity contribution in [3.8, 4) is 11.5 Å². The minimum absolute atomic E-state index is 0.0620. The molecule has 0 amide bonds. The Morgan fingerprint density at radius 2 is 1.69 bits per heavy atom. The van der Waals surface area contributed by atoms with Crippen molar-refractivity contribution >= 4 is 11.9 Å². The first-order valence-electron chi connectivity index (χ1n) is 11.4. The third-order valence-electron chi connectivity index (χ3n) is 6.39. The van der Waals surface area contributed by atoms with E-state index in [9.17, 15) is 14.7 Å². The fourth-order valence-electron chi connectivity index (χ4n) is 4.72. The van der Waals surface area contributed by atoms with Crippen LogP contribution in [0.5, 0.6) is 11.5 Å². The van der Waals surface area contributed by atoms with E-state index in [1.807, 2.05) is 48.5 Å². The molecule has 0 aliphatic heterocycles. The summed E-state index contributed by atoms with van der Waals surface area (Å²) >= 11 is 0. The van der Waals surface area contributed by atoms with Gasteiger partial charge in [0.05, 0.1) is 45.5 Å². The Morgan fingerprint density at radius 3 is 2.29 bits per heavy atom. The van der Waals surface area contributed by atoms with E-state index in [0.29, 0.717) is 41.3 Å². The maximum atomic E-state index is 13.0. The second kappa shape index (κ2) is 11.3. The van der Waals surface area contributed by atoms with Crippen LogP contribution < -0.4 is 14.8 Å². The zero-order valence-electron chi connectivity index (χ0n) is 20.8. The van der Waals surface area contributed by atoms with Crippen LogP contribution in [0.3, 0.4) is 0 Å². The van der Waals surface area contributed by atoms with Crippen LogP contribution in [-0.4, -0.2) is 57.6 Å². The molecular formula is C27H33NO7.